The monoisotopic (exact) mass is 197 g/mol. The Balaban J connectivity index is 2.20. The highest BCUT2D eigenvalue weighted by molar-refractivity contribution is 9.09. The van der Waals surface area contributed by atoms with Gasteiger partial charge in [-0.25, -0.2) is 0 Å². The van der Waals surface area contributed by atoms with Crippen LogP contribution in [0, 0.1) is 0 Å². The molecule has 0 unspecified atom stereocenters. The molecule has 1 aromatic heterocycles. The summed E-state index contributed by atoms with van der Waals surface area (Å²) in [7, 11) is 0. The van der Waals surface area contributed by atoms with E-state index < -0.39 is 0 Å². The first-order valence-electron chi connectivity index (χ1n) is 3.43. The Kier molecular flexibility index (Phi) is 1.49. The fraction of sp³-hybridized carbons (Fsp3) is 0.375. The second-order valence-corrected chi connectivity index (χ2v) is 3.79. The normalized spacial score (nSPS) is 30.1. The maximum absolute atomic E-state index is 4.26. The van der Waals surface area contributed by atoms with Gasteiger partial charge in [0.2, 0.25) is 0 Å². The quantitative estimate of drug-likeness (QED) is 0.631. The number of hydrogen-bond acceptors (Lipinski definition) is 1. The molecule has 0 spiro atoms. The van der Waals surface area contributed by atoms with E-state index in [4.69, 9.17) is 0 Å². The molecule has 0 saturated heterocycles. The highest BCUT2D eigenvalue weighted by atomic mass is 79.9. The van der Waals surface area contributed by atoms with Crippen LogP contribution in [0.3, 0.4) is 0 Å². The fourth-order valence-corrected chi connectivity index (χ4v) is 1.74. The Morgan fingerprint density at radius 2 is 2.30 bits per heavy atom. The van der Waals surface area contributed by atoms with Gasteiger partial charge in [-0.15, -0.1) is 0 Å². The predicted octanol–water partition coefficient (Wildman–Crippen LogP) is 2.33. The fourth-order valence-electron chi connectivity index (χ4n) is 1.07. The van der Waals surface area contributed by atoms with Gasteiger partial charge in [0.25, 0.3) is 0 Å². The number of halogens is 1. The van der Waals surface area contributed by atoms with E-state index in [1.54, 1.807) is 0 Å². The molecule has 0 aliphatic heterocycles. The van der Waals surface area contributed by atoms with E-state index in [1.165, 1.54) is 12.1 Å². The molecule has 1 heterocycles. The topological polar surface area (TPSA) is 12.9 Å². The first-order valence-corrected chi connectivity index (χ1v) is 4.34. The number of aromatic nitrogens is 1. The standard InChI is InChI=1S/C8H8BrN/c9-7-5-6(7)8-3-1-2-4-10-8/h1-4,6-7H,5H2/t6-,7-/m1/s1. The second-order valence-electron chi connectivity index (χ2n) is 2.61. The van der Waals surface area contributed by atoms with Gasteiger partial charge in [-0.05, 0) is 18.6 Å². The average Bonchev–Trinajstić information content (AvgIpc) is 2.69. The van der Waals surface area contributed by atoms with Gasteiger partial charge in [0, 0.05) is 22.6 Å². The van der Waals surface area contributed by atoms with Gasteiger partial charge in [-0.2, -0.15) is 0 Å². The third kappa shape index (κ3) is 1.08. The van der Waals surface area contributed by atoms with Crippen molar-refractivity contribution in [2.45, 2.75) is 17.2 Å². The van der Waals surface area contributed by atoms with Crippen molar-refractivity contribution in [1.82, 2.24) is 4.98 Å². The molecule has 2 atom stereocenters. The third-order valence-electron chi connectivity index (χ3n) is 1.78. The van der Waals surface area contributed by atoms with Crippen molar-refractivity contribution in [3.63, 3.8) is 0 Å². The number of hydrogen-bond donors (Lipinski definition) is 0. The van der Waals surface area contributed by atoms with Crippen LogP contribution < -0.4 is 0 Å². The molecule has 0 radical (unpaired) electrons. The summed E-state index contributed by atoms with van der Waals surface area (Å²) >= 11 is 3.55. The maximum Gasteiger partial charge on any atom is 0.0446 e. The molecular weight excluding hydrogens is 190 g/mol. The lowest BCUT2D eigenvalue weighted by molar-refractivity contribution is 1.03. The molecule has 1 nitrogen and oxygen atoms in total. The van der Waals surface area contributed by atoms with E-state index in [-0.39, 0.29) is 0 Å². The number of pyridine rings is 1. The van der Waals surface area contributed by atoms with Gasteiger partial charge in [0.15, 0.2) is 0 Å². The van der Waals surface area contributed by atoms with Crippen LogP contribution >= 0.6 is 15.9 Å². The van der Waals surface area contributed by atoms with Gasteiger partial charge in [0.1, 0.15) is 0 Å². The first kappa shape index (κ1) is 6.35. The van der Waals surface area contributed by atoms with Gasteiger partial charge >= 0.3 is 0 Å². The van der Waals surface area contributed by atoms with Crippen LogP contribution in [-0.2, 0) is 0 Å². The van der Waals surface area contributed by atoms with Crippen LogP contribution in [0.15, 0.2) is 24.4 Å². The molecule has 2 heteroatoms. The summed E-state index contributed by atoms with van der Waals surface area (Å²) in [6.45, 7) is 0. The Hall–Kier alpha value is -0.370. The van der Waals surface area contributed by atoms with E-state index in [9.17, 15) is 0 Å². The van der Waals surface area contributed by atoms with Crippen molar-refractivity contribution in [3.05, 3.63) is 30.1 Å². The summed E-state index contributed by atoms with van der Waals surface area (Å²) in [5, 5.41) is 0. The Labute approximate surface area is 68.6 Å². The second kappa shape index (κ2) is 2.35. The average molecular weight is 198 g/mol. The van der Waals surface area contributed by atoms with E-state index in [0.717, 1.165) is 0 Å². The van der Waals surface area contributed by atoms with Gasteiger partial charge in [-0.1, -0.05) is 22.0 Å². The number of nitrogens with zero attached hydrogens (tertiary/aromatic N) is 1. The molecule has 1 aliphatic carbocycles. The minimum absolute atomic E-state index is 0.682. The minimum Gasteiger partial charge on any atom is -0.261 e. The lowest BCUT2D eigenvalue weighted by Gasteiger charge is -1.92. The summed E-state index contributed by atoms with van der Waals surface area (Å²) in [5.74, 6) is 0.682. The zero-order chi connectivity index (χ0) is 6.97. The van der Waals surface area contributed by atoms with Crippen molar-refractivity contribution in [2.75, 3.05) is 0 Å². The Morgan fingerprint density at radius 1 is 1.50 bits per heavy atom. The molecule has 1 fully saturated rings. The highest BCUT2D eigenvalue weighted by Crippen LogP contribution is 2.45. The molecule has 0 bridgehead atoms. The Morgan fingerprint density at radius 3 is 2.80 bits per heavy atom. The summed E-state index contributed by atoms with van der Waals surface area (Å²) in [5.41, 5.74) is 1.23. The molecule has 52 valence electrons. The van der Waals surface area contributed by atoms with Crippen LogP contribution in [0.4, 0.5) is 0 Å². The zero-order valence-electron chi connectivity index (χ0n) is 5.50. The first-order chi connectivity index (χ1) is 4.88. The smallest absolute Gasteiger partial charge is 0.0446 e. The highest BCUT2D eigenvalue weighted by Gasteiger charge is 2.36. The van der Waals surface area contributed by atoms with Crippen LogP contribution in [0.5, 0.6) is 0 Å². The van der Waals surface area contributed by atoms with Crippen LogP contribution in [0.25, 0.3) is 0 Å². The van der Waals surface area contributed by atoms with Crippen LogP contribution in [0.2, 0.25) is 0 Å². The lowest BCUT2D eigenvalue weighted by atomic mass is 10.3. The van der Waals surface area contributed by atoms with Gasteiger partial charge in [-0.3, -0.25) is 4.98 Å². The Bertz CT molecular complexity index is 222. The van der Waals surface area contributed by atoms with Crippen molar-refractivity contribution in [2.24, 2.45) is 0 Å². The third-order valence-corrected chi connectivity index (χ3v) is 2.79. The van der Waals surface area contributed by atoms with Gasteiger partial charge < -0.3 is 0 Å². The molecule has 2 rings (SSSR count). The minimum atomic E-state index is 0.682. The molecule has 0 N–H and O–H groups in total. The SMILES string of the molecule is Br[C@@H]1C[C@H]1c1ccccn1. The summed E-state index contributed by atoms with van der Waals surface area (Å²) in [6.07, 6.45) is 3.10. The van der Waals surface area contributed by atoms with E-state index in [1.807, 2.05) is 18.3 Å². The number of rotatable bonds is 1. The number of alkyl halides is 1. The molecule has 0 aromatic carbocycles. The summed E-state index contributed by atoms with van der Waals surface area (Å²) in [4.78, 5) is 4.94. The molecule has 1 saturated carbocycles. The van der Waals surface area contributed by atoms with Crippen molar-refractivity contribution in [1.29, 1.82) is 0 Å². The van der Waals surface area contributed by atoms with Crippen LogP contribution in [-0.4, -0.2) is 9.81 Å². The van der Waals surface area contributed by atoms with E-state index in [2.05, 4.69) is 27.0 Å². The summed E-state index contributed by atoms with van der Waals surface area (Å²) in [6, 6.07) is 6.08. The lowest BCUT2D eigenvalue weighted by Crippen LogP contribution is -1.84. The van der Waals surface area contributed by atoms with Crippen LogP contribution in [0.1, 0.15) is 18.0 Å². The van der Waals surface area contributed by atoms with Crippen molar-refractivity contribution < 1.29 is 0 Å². The molecule has 1 aromatic rings. The molecular formula is C8H8BrN. The molecule has 10 heavy (non-hydrogen) atoms. The zero-order valence-corrected chi connectivity index (χ0v) is 7.08. The molecule has 1 aliphatic rings. The van der Waals surface area contributed by atoms with Gasteiger partial charge in [0.05, 0.1) is 0 Å². The van der Waals surface area contributed by atoms with Crippen molar-refractivity contribution in [3.8, 4) is 0 Å². The summed E-state index contributed by atoms with van der Waals surface area (Å²) < 4.78 is 0. The van der Waals surface area contributed by atoms with Crippen molar-refractivity contribution >= 4 is 15.9 Å². The van der Waals surface area contributed by atoms with E-state index in [0.29, 0.717) is 10.7 Å². The largest absolute Gasteiger partial charge is 0.261 e. The predicted molar refractivity (Wildman–Crippen MR) is 44.3 cm³/mol. The maximum atomic E-state index is 4.26. The van der Waals surface area contributed by atoms with E-state index >= 15 is 0 Å². The molecule has 0 amide bonds.